The summed E-state index contributed by atoms with van der Waals surface area (Å²) in [6.45, 7) is 1.84. The van der Waals surface area contributed by atoms with Crippen LogP contribution in [-0.2, 0) is 0 Å². The van der Waals surface area contributed by atoms with Crippen molar-refractivity contribution in [3.63, 3.8) is 0 Å². The van der Waals surface area contributed by atoms with Gasteiger partial charge in [-0.3, -0.25) is 4.40 Å². The van der Waals surface area contributed by atoms with Crippen molar-refractivity contribution in [2.75, 3.05) is 0 Å². The molecule has 0 bridgehead atoms. The van der Waals surface area contributed by atoms with E-state index in [2.05, 4.69) is 31.1 Å². The third-order valence-electron chi connectivity index (χ3n) is 2.84. The SMILES string of the molecule is Cc1nc2c(O)cccn2c1N=Nc1cccc(Br)c1. The Balaban J connectivity index is 2.07. The first-order valence-electron chi connectivity index (χ1n) is 5.99. The highest BCUT2D eigenvalue weighted by Gasteiger charge is 2.10. The largest absolute Gasteiger partial charge is 0.504 e. The number of imidazole rings is 1. The monoisotopic (exact) mass is 330 g/mol. The second kappa shape index (κ2) is 5.05. The average molecular weight is 331 g/mol. The number of aromatic hydroxyl groups is 1. The van der Waals surface area contributed by atoms with E-state index in [1.165, 1.54) is 0 Å². The molecule has 1 aromatic carbocycles. The molecule has 0 amide bonds. The third kappa shape index (κ3) is 2.30. The fourth-order valence-electron chi connectivity index (χ4n) is 1.92. The van der Waals surface area contributed by atoms with Crippen LogP contribution in [0, 0.1) is 6.92 Å². The van der Waals surface area contributed by atoms with Gasteiger partial charge in [0.2, 0.25) is 0 Å². The minimum Gasteiger partial charge on any atom is -0.504 e. The molecule has 5 nitrogen and oxygen atoms in total. The van der Waals surface area contributed by atoms with E-state index in [0.29, 0.717) is 17.2 Å². The summed E-state index contributed by atoms with van der Waals surface area (Å²) in [5.74, 6) is 0.732. The highest BCUT2D eigenvalue weighted by molar-refractivity contribution is 9.10. The summed E-state index contributed by atoms with van der Waals surface area (Å²) in [5.41, 5.74) is 1.94. The summed E-state index contributed by atoms with van der Waals surface area (Å²) < 4.78 is 2.66. The lowest BCUT2D eigenvalue weighted by atomic mass is 10.3. The summed E-state index contributed by atoms with van der Waals surface area (Å²) >= 11 is 3.39. The smallest absolute Gasteiger partial charge is 0.182 e. The predicted molar refractivity (Wildman–Crippen MR) is 79.9 cm³/mol. The van der Waals surface area contributed by atoms with E-state index in [9.17, 15) is 5.11 Å². The zero-order chi connectivity index (χ0) is 14.1. The van der Waals surface area contributed by atoms with Gasteiger partial charge in [0, 0.05) is 10.7 Å². The van der Waals surface area contributed by atoms with Crippen molar-refractivity contribution in [2.24, 2.45) is 10.2 Å². The standard InChI is InChI=1S/C14H11BrN4O/c1-9-13(18-17-11-5-2-4-10(15)8-11)19-7-3-6-12(20)14(19)16-9/h2-8,20H,1H3. The third-order valence-corrected chi connectivity index (χ3v) is 3.33. The maximum absolute atomic E-state index is 9.77. The number of nitrogens with zero attached hydrogens (tertiary/aromatic N) is 4. The molecule has 20 heavy (non-hydrogen) atoms. The van der Waals surface area contributed by atoms with Crippen molar-refractivity contribution in [1.29, 1.82) is 0 Å². The number of aromatic nitrogens is 2. The van der Waals surface area contributed by atoms with Crippen LogP contribution in [0.3, 0.4) is 0 Å². The first kappa shape index (κ1) is 12.8. The average Bonchev–Trinajstić information content (AvgIpc) is 2.74. The van der Waals surface area contributed by atoms with Crippen LogP contribution < -0.4 is 0 Å². The van der Waals surface area contributed by atoms with Gasteiger partial charge in [-0.15, -0.1) is 10.2 Å². The van der Waals surface area contributed by atoms with Crippen molar-refractivity contribution in [2.45, 2.75) is 6.92 Å². The Morgan fingerprint density at radius 3 is 2.85 bits per heavy atom. The van der Waals surface area contributed by atoms with Gasteiger partial charge in [0.15, 0.2) is 17.2 Å². The maximum Gasteiger partial charge on any atom is 0.182 e. The minimum absolute atomic E-state index is 0.125. The molecule has 0 saturated heterocycles. The van der Waals surface area contributed by atoms with E-state index >= 15 is 0 Å². The topological polar surface area (TPSA) is 62.2 Å². The van der Waals surface area contributed by atoms with Crippen LogP contribution in [0.25, 0.3) is 5.65 Å². The fourth-order valence-corrected chi connectivity index (χ4v) is 2.31. The Bertz CT molecular complexity index is 810. The number of pyridine rings is 1. The van der Waals surface area contributed by atoms with E-state index in [4.69, 9.17) is 0 Å². The van der Waals surface area contributed by atoms with E-state index in [-0.39, 0.29) is 5.75 Å². The number of fused-ring (bicyclic) bond motifs is 1. The molecule has 6 heteroatoms. The molecule has 0 saturated carbocycles. The second-order valence-corrected chi connectivity index (χ2v) is 5.20. The van der Waals surface area contributed by atoms with Gasteiger partial charge in [-0.25, -0.2) is 4.98 Å². The molecule has 0 aliphatic heterocycles. The van der Waals surface area contributed by atoms with Gasteiger partial charge < -0.3 is 5.11 Å². The molecule has 2 aromatic heterocycles. The summed E-state index contributed by atoms with van der Waals surface area (Å²) in [7, 11) is 0. The molecule has 0 radical (unpaired) electrons. The molecular formula is C14H11BrN4O. The Labute approximate surface area is 123 Å². The quantitative estimate of drug-likeness (QED) is 0.702. The van der Waals surface area contributed by atoms with E-state index in [1.54, 1.807) is 22.7 Å². The predicted octanol–water partition coefficient (Wildman–Crippen LogP) is 4.53. The van der Waals surface area contributed by atoms with Gasteiger partial charge in [0.25, 0.3) is 0 Å². The lowest BCUT2D eigenvalue weighted by Gasteiger charge is -1.97. The van der Waals surface area contributed by atoms with Crippen molar-refractivity contribution < 1.29 is 5.11 Å². The van der Waals surface area contributed by atoms with E-state index < -0.39 is 0 Å². The van der Waals surface area contributed by atoms with E-state index in [0.717, 1.165) is 10.2 Å². The van der Waals surface area contributed by atoms with Crippen LogP contribution in [-0.4, -0.2) is 14.5 Å². The van der Waals surface area contributed by atoms with Crippen molar-refractivity contribution in [3.05, 3.63) is 52.8 Å². The Morgan fingerprint density at radius 2 is 2.05 bits per heavy atom. The number of azo groups is 1. The Hall–Kier alpha value is -2.21. The molecule has 0 atom stereocenters. The first-order chi connectivity index (χ1) is 9.65. The van der Waals surface area contributed by atoms with Crippen molar-refractivity contribution >= 4 is 33.1 Å². The Kier molecular flexibility index (Phi) is 3.23. The molecule has 100 valence electrons. The van der Waals surface area contributed by atoms with Crippen molar-refractivity contribution in [1.82, 2.24) is 9.38 Å². The van der Waals surface area contributed by atoms with Gasteiger partial charge in [-0.2, -0.15) is 0 Å². The normalized spacial score (nSPS) is 11.5. The number of hydrogen-bond donors (Lipinski definition) is 1. The number of halogens is 1. The number of benzene rings is 1. The van der Waals surface area contributed by atoms with Crippen LogP contribution in [0.15, 0.2) is 57.3 Å². The van der Waals surface area contributed by atoms with Crippen LogP contribution in [0.4, 0.5) is 11.5 Å². The molecule has 0 aliphatic rings. The highest BCUT2D eigenvalue weighted by Crippen LogP contribution is 2.28. The van der Waals surface area contributed by atoms with Gasteiger partial charge in [0.05, 0.1) is 11.4 Å². The lowest BCUT2D eigenvalue weighted by Crippen LogP contribution is -1.82. The molecule has 3 rings (SSSR count). The maximum atomic E-state index is 9.77. The van der Waals surface area contributed by atoms with Crippen LogP contribution in [0.2, 0.25) is 0 Å². The van der Waals surface area contributed by atoms with Crippen LogP contribution in [0.1, 0.15) is 5.69 Å². The van der Waals surface area contributed by atoms with Gasteiger partial charge in [0.1, 0.15) is 0 Å². The molecule has 2 heterocycles. The molecule has 3 aromatic rings. The zero-order valence-electron chi connectivity index (χ0n) is 10.7. The summed E-state index contributed by atoms with van der Waals surface area (Å²) in [6.07, 6.45) is 1.80. The summed E-state index contributed by atoms with van der Waals surface area (Å²) in [6, 6.07) is 10.9. The molecule has 0 spiro atoms. The highest BCUT2D eigenvalue weighted by atomic mass is 79.9. The molecule has 0 aliphatic carbocycles. The number of rotatable bonds is 2. The minimum atomic E-state index is 0.125. The second-order valence-electron chi connectivity index (χ2n) is 4.29. The first-order valence-corrected chi connectivity index (χ1v) is 6.78. The number of aryl methyl sites for hydroxylation is 1. The van der Waals surface area contributed by atoms with Crippen LogP contribution in [0.5, 0.6) is 5.75 Å². The lowest BCUT2D eigenvalue weighted by molar-refractivity contribution is 0.477. The van der Waals surface area contributed by atoms with Gasteiger partial charge in [-0.1, -0.05) is 22.0 Å². The van der Waals surface area contributed by atoms with Crippen LogP contribution >= 0.6 is 15.9 Å². The van der Waals surface area contributed by atoms with Gasteiger partial charge >= 0.3 is 0 Å². The van der Waals surface area contributed by atoms with Gasteiger partial charge in [-0.05, 0) is 37.3 Å². The fraction of sp³-hybridized carbons (Fsp3) is 0.0714. The number of hydrogen-bond acceptors (Lipinski definition) is 4. The molecular weight excluding hydrogens is 320 g/mol. The molecule has 1 N–H and O–H groups in total. The zero-order valence-corrected chi connectivity index (χ0v) is 12.2. The molecule has 0 fully saturated rings. The summed E-state index contributed by atoms with van der Waals surface area (Å²) in [4.78, 5) is 4.29. The van der Waals surface area contributed by atoms with Crippen molar-refractivity contribution in [3.8, 4) is 5.75 Å². The van der Waals surface area contributed by atoms with E-state index in [1.807, 2.05) is 31.2 Å². The Morgan fingerprint density at radius 1 is 1.20 bits per heavy atom. The molecule has 0 unspecified atom stereocenters. The summed E-state index contributed by atoms with van der Waals surface area (Å²) in [5, 5.41) is 18.2.